The molecule has 1 aromatic rings. The van der Waals surface area contributed by atoms with E-state index >= 15 is 0 Å². The highest BCUT2D eigenvalue weighted by Crippen LogP contribution is 2.39. The van der Waals surface area contributed by atoms with E-state index in [2.05, 4.69) is 15.9 Å². The van der Waals surface area contributed by atoms with Crippen LogP contribution in [0.4, 0.5) is 10.5 Å². The number of likely N-dealkylation sites (tertiary alicyclic amines) is 1. The Kier molecular flexibility index (Phi) is 6.14. The van der Waals surface area contributed by atoms with Crippen molar-refractivity contribution in [3.63, 3.8) is 0 Å². The second-order valence-corrected chi connectivity index (χ2v) is 8.55. The van der Waals surface area contributed by atoms with Gasteiger partial charge in [0.25, 0.3) is 5.69 Å². The monoisotopic (exact) mass is 442 g/mol. The molecule has 0 N–H and O–H groups in total. The number of hydrogen-bond donors (Lipinski definition) is 0. The maximum Gasteiger partial charge on any atom is 0.410 e. The summed E-state index contributed by atoms with van der Waals surface area (Å²) in [7, 11) is 1.27. The lowest BCUT2D eigenvalue weighted by atomic mass is 9.80. The maximum atomic E-state index is 12.6. The number of nitro groups is 1. The topological polar surface area (TPSA) is 99.0 Å². The second kappa shape index (κ2) is 7.84. The Morgan fingerprint density at radius 1 is 1.37 bits per heavy atom. The summed E-state index contributed by atoms with van der Waals surface area (Å²) >= 11 is 3.22. The Morgan fingerprint density at radius 3 is 2.59 bits per heavy atom. The third-order valence-corrected chi connectivity index (χ3v) is 4.89. The molecule has 0 spiro atoms. The highest BCUT2D eigenvalue weighted by molar-refractivity contribution is 9.10. The van der Waals surface area contributed by atoms with Crippen LogP contribution in [0.5, 0.6) is 0 Å². The molecule has 1 aliphatic rings. The van der Waals surface area contributed by atoms with E-state index in [-0.39, 0.29) is 18.7 Å². The predicted octanol–water partition coefficient (Wildman–Crippen LogP) is 3.70. The van der Waals surface area contributed by atoms with E-state index in [1.54, 1.807) is 32.9 Å². The van der Waals surface area contributed by atoms with E-state index < -0.39 is 28.0 Å². The zero-order valence-electron chi connectivity index (χ0n) is 15.8. The molecule has 0 radical (unpaired) electrons. The van der Waals surface area contributed by atoms with Crippen LogP contribution in [0.1, 0.15) is 32.8 Å². The zero-order chi connectivity index (χ0) is 20.4. The van der Waals surface area contributed by atoms with Gasteiger partial charge >= 0.3 is 12.1 Å². The van der Waals surface area contributed by atoms with E-state index in [4.69, 9.17) is 9.47 Å². The van der Waals surface area contributed by atoms with Crippen molar-refractivity contribution in [3.05, 3.63) is 38.3 Å². The van der Waals surface area contributed by atoms with Crippen LogP contribution in [0, 0.1) is 15.5 Å². The van der Waals surface area contributed by atoms with Gasteiger partial charge in [0.15, 0.2) is 0 Å². The third kappa shape index (κ3) is 4.97. The summed E-state index contributed by atoms with van der Waals surface area (Å²) < 4.78 is 10.9. The number of carbonyl (C=O) groups excluding carboxylic acids is 2. The minimum absolute atomic E-state index is 0.0802. The summed E-state index contributed by atoms with van der Waals surface area (Å²) in [4.78, 5) is 37.3. The fourth-order valence-corrected chi connectivity index (χ4v) is 3.52. The summed E-state index contributed by atoms with van der Waals surface area (Å²) in [6, 6.07) is 4.71. The molecule has 27 heavy (non-hydrogen) atoms. The highest BCUT2D eigenvalue weighted by Gasteiger charge is 2.48. The summed E-state index contributed by atoms with van der Waals surface area (Å²) in [5.74, 6) is -0.495. The van der Waals surface area contributed by atoms with Gasteiger partial charge in [-0.25, -0.2) is 4.79 Å². The maximum absolute atomic E-state index is 12.6. The number of rotatable bonds is 4. The van der Waals surface area contributed by atoms with Crippen LogP contribution in [-0.2, 0) is 20.7 Å². The molecule has 1 aromatic carbocycles. The van der Waals surface area contributed by atoms with Gasteiger partial charge in [0.2, 0.25) is 0 Å². The van der Waals surface area contributed by atoms with Crippen molar-refractivity contribution in [1.29, 1.82) is 0 Å². The molecule has 2 rings (SSSR count). The Hall–Kier alpha value is -2.16. The quantitative estimate of drug-likeness (QED) is 0.400. The molecule has 1 heterocycles. The van der Waals surface area contributed by atoms with Crippen molar-refractivity contribution in [3.8, 4) is 0 Å². The fraction of sp³-hybridized carbons (Fsp3) is 0.556. The molecule has 1 amide bonds. The van der Waals surface area contributed by atoms with Gasteiger partial charge in [0.05, 0.1) is 17.4 Å². The number of carbonyl (C=O) groups is 2. The normalized spacial score (nSPS) is 19.7. The van der Waals surface area contributed by atoms with Crippen LogP contribution >= 0.6 is 15.9 Å². The van der Waals surface area contributed by atoms with Crippen molar-refractivity contribution < 1.29 is 24.0 Å². The first-order chi connectivity index (χ1) is 12.5. The number of nitro benzene ring substituents is 1. The van der Waals surface area contributed by atoms with Crippen LogP contribution in [0.3, 0.4) is 0 Å². The number of benzene rings is 1. The van der Waals surface area contributed by atoms with Gasteiger partial charge in [-0.05, 0) is 39.7 Å². The molecule has 1 unspecified atom stereocenters. The van der Waals surface area contributed by atoms with Crippen molar-refractivity contribution in [2.75, 3.05) is 20.2 Å². The van der Waals surface area contributed by atoms with Crippen molar-refractivity contribution in [2.24, 2.45) is 5.41 Å². The first kappa shape index (κ1) is 21.1. The zero-order valence-corrected chi connectivity index (χ0v) is 17.4. The average molecular weight is 443 g/mol. The van der Waals surface area contributed by atoms with Crippen LogP contribution in [0.2, 0.25) is 0 Å². The number of hydrogen-bond acceptors (Lipinski definition) is 6. The first-order valence-corrected chi connectivity index (χ1v) is 9.26. The van der Waals surface area contributed by atoms with Gasteiger partial charge in [0.1, 0.15) is 5.60 Å². The molecule has 148 valence electrons. The summed E-state index contributed by atoms with van der Waals surface area (Å²) in [6.07, 6.45) is -0.0760. The Balaban J connectivity index is 2.31. The van der Waals surface area contributed by atoms with Gasteiger partial charge < -0.3 is 14.4 Å². The predicted molar refractivity (Wildman–Crippen MR) is 101 cm³/mol. The fourth-order valence-electron chi connectivity index (χ4n) is 3.18. The van der Waals surface area contributed by atoms with Crippen molar-refractivity contribution in [1.82, 2.24) is 4.90 Å². The van der Waals surface area contributed by atoms with Crippen LogP contribution in [0.25, 0.3) is 0 Å². The molecule has 0 bridgehead atoms. The molecule has 0 aliphatic carbocycles. The number of nitrogens with zero attached hydrogens (tertiary/aromatic N) is 2. The van der Waals surface area contributed by atoms with E-state index in [9.17, 15) is 19.7 Å². The number of methoxy groups -OCH3 is 1. The van der Waals surface area contributed by atoms with E-state index in [0.29, 0.717) is 23.0 Å². The summed E-state index contributed by atoms with van der Waals surface area (Å²) in [5.41, 5.74) is -1.37. The number of ether oxygens (including phenoxy) is 2. The molecular weight excluding hydrogens is 420 g/mol. The lowest BCUT2D eigenvalue weighted by Crippen LogP contribution is -2.41. The molecule has 0 aromatic heterocycles. The lowest BCUT2D eigenvalue weighted by Gasteiger charge is -2.28. The van der Waals surface area contributed by atoms with E-state index in [1.165, 1.54) is 18.1 Å². The molecule has 9 heteroatoms. The molecule has 1 atom stereocenters. The van der Waals surface area contributed by atoms with Gasteiger partial charge in [-0.2, -0.15) is 0 Å². The third-order valence-electron chi connectivity index (χ3n) is 4.40. The number of amides is 1. The van der Waals surface area contributed by atoms with Crippen LogP contribution in [-0.4, -0.2) is 47.7 Å². The second-order valence-electron chi connectivity index (χ2n) is 7.63. The largest absolute Gasteiger partial charge is 0.469 e. The standard InChI is InChI=1S/C18H23BrN2O6/c1-17(2,3)27-16(23)20-8-7-18(11-20,15(22)26-4)10-12-5-6-13(19)9-14(12)21(24)25/h5-6,9H,7-8,10-11H2,1-4H3. The molecule has 0 saturated carbocycles. The van der Waals surface area contributed by atoms with Crippen LogP contribution < -0.4 is 0 Å². The molecule has 1 aliphatic heterocycles. The van der Waals surface area contributed by atoms with Gasteiger partial charge in [-0.1, -0.05) is 22.0 Å². The van der Waals surface area contributed by atoms with Gasteiger partial charge in [0, 0.05) is 29.2 Å². The SMILES string of the molecule is COC(=O)C1(Cc2ccc(Br)cc2[N+](=O)[O-])CCN(C(=O)OC(C)(C)C)C1. The lowest BCUT2D eigenvalue weighted by molar-refractivity contribution is -0.385. The Labute approximate surface area is 166 Å². The van der Waals surface area contributed by atoms with Gasteiger partial charge in [-0.3, -0.25) is 14.9 Å². The molecule has 1 saturated heterocycles. The Morgan fingerprint density at radius 2 is 2.04 bits per heavy atom. The van der Waals surface area contributed by atoms with Crippen LogP contribution in [0.15, 0.2) is 22.7 Å². The first-order valence-electron chi connectivity index (χ1n) is 8.46. The van der Waals surface area contributed by atoms with E-state index in [1.807, 2.05) is 0 Å². The van der Waals surface area contributed by atoms with Crippen molar-refractivity contribution >= 4 is 33.7 Å². The smallest absolute Gasteiger partial charge is 0.410 e. The van der Waals surface area contributed by atoms with Crippen molar-refractivity contribution in [2.45, 2.75) is 39.2 Å². The minimum Gasteiger partial charge on any atom is -0.469 e. The summed E-state index contributed by atoms with van der Waals surface area (Å²) in [6.45, 7) is 5.69. The van der Waals surface area contributed by atoms with E-state index in [0.717, 1.165) is 0 Å². The molecule has 8 nitrogen and oxygen atoms in total. The summed E-state index contributed by atoms with van der Waals surface area (Å²) in [5, 5.41) is 11.4. The molecule has 1 fully saturated rings. The minimum atomic E-state index is -1.05. The average Bonchev–Trinajstić information content (AvgIpc) is 2.99. The number of halogens is 1. The molecular formula is C18H23BrN2O6. The Bertz CT molecular complexity index is 761. The highest BCUT2D eigenvalue weighted by atomic mass is 79.9. The number of esters is 1. The van der Waals surface area contributed by atoms with Gasteiger partial charge in [-0.15, -0.1) is 0 Å².